The van der Waals surface area contributed by atoms with Crippen LogP contribution in [0.3, 0.4) is 0 Å². The molecule has 0 bridgehead atoms. The van der Waals surface area contributed by atoms with Crippen molar-refractivity contribution in [2.24, 2.45) is 0 Å². The van der Waals surface area contributed by atoms with Crippen molar-refractivity contribution in [1.82, 2.24) is 0 Å². The van der Waals surface area contributed by atoms with Crippen molar-refractivity contribution in [3.63, 3.8) is 0 Å². The minimum absolute atomic E-state index is 0.194. The maximum atomic E-state index is 12.7. The number of nitrogens with one attached hydrogen (secondary N) is 1. The number of rotatable bonds is 3. The molecule has 0 saturated carbocycles. The van der Waals surface area contributed by atoms with Crippen LogP contribution in [-0.2, 0) is 9.59 Å². The first-order chi connectivity index (χ1) is 7.60. The van der Waals surface area contributed by atoms with Crippen molar-refractivity contribution in [2.75, 3.05) is 4.90 Å². The van der Waals surface area contributed by atoms with E-state index < -0.39 is 17.6 Å². The Bertz CT molecular complexity index is 420. The molecule has 4 nitrogen and oxygen atoms in total. The molecule has 2 amide bonds. The Labute approximate surface area is 91.5 Å². The van der Waals surface area contributed by atoms with E-state index >= 15 is 0 Å². The molecule has 1 rings (SSSR count). The third-order valence-electron chi connectivity index (χ3n) is 1.82. The third-order valence-corrected chi connectivity index (χ3v) is 1.82. The van der Waals surface area contributed by atoms with Crippen LogP contribution < -0.4 is 4.90 Å². The predicted octanol–water partition coefficient (Wildman–Crippen LogP) is 1.52. The van der Waals surface area contributed by atoms with E-state index in [1.807, 2.05) is 0 Å². The van der Waals surface area contributed by atoms with Crippen LogP contribution in [0.2, 0.25) is 0 Å². The number of nitrogens with zero attached hydrogens (tertiary/aromatic N) is 1. The zero-order valence-electron chi connectivity index (χ0n) is 8.31. The summed E-state index contributed by atoms with van der Waals surface area (Å²) in [5.41, 5.74) is 0.194. The molecule has 16 heavy (non-hydrogen) atoms. The van der Waals surface area contributed by atoms with Gasteiger partial charge in [0.05, 0.1) is 11.9 Å². The number of imide groups is 1. The van der Waals surface area contributed by atoms with Crippen molar-refractivity contribution >= 4 is 23.7 Å². The molecule has 0 heterocycles. The van der Waals surface area contributed by atoms with Crippen LogP contribution in [0.25, 0.3) is 0 Å². The van der Waals surface area contributed by atoms with Crippen LogP contribution in [0.1, 0.15) is 0 Å². The Kier molecular flexibility index (Phi) is 3.66. The van der Waals surface area contributed by atoms with Gasteiger partial charge in [-0.1, -0.05) is 6.58 Å². The molecule has 5 heteroatoms. The number of hydrogen-bond donors (Lipinski definition) is 1. The van der Waals surface area contributed by atoms with Crippen molar-refractivity contribution < 1.29 is 14.0 Å². The second-order valence-corrected chi connectivity index (χ2v) is 2.84. The first kappa shape index (κ1) is 11.8. The van der Waals surface area contributed by atoms with Gasteiger partial charge in [-0.15, -0.1) is 0 Å². The standard InChI is InChI=1S/C11H9FN2O2/c1-2-10(15)14(11(16)7-13)9-5-3-8(12)4-6-9/h2-7,13H,1H2. The summed E-state index contributed by atoms with van der Waals surface area (Å²) in [6.45, 7) is 3.25. The Morgan fingerprint density at radius 1 is 1.25 bits per heavy atom. The molecule has 1 N–H and O–H groups in total. The molecule has 0 radical (unpaired) electrons. The molecule has 0 aliphatic carbocycles. The molecule has 0 aromatic heterocycles. The van der Waals surface area contributed by atoms with Gasteiger partial charge in [-0.2, -0.15) is 0 Å². The molecule has 0 atom stereocenters. The Morgan fingerprint density at radius 2 is 1.81 bits per heavy atom. The van der Waals surface area contributed by atoms with Crippen molar-refractivity contribution in [2.45, 2.75) is 0 Å². The molecule has 0 spiro atoms. The summed E-state index contributed by atoms with van der Waals surface area (Å²) in [7, 11) is 0. The summed E-state index contributed by atoms with van der Waals surface area (Å²) in [4.78, 5) is 23.4. The number of hydrogen-bond acceptors (Lipinski definition) is 3. The van der Waals surface area contributed by atoms with Gasteiger partial charge in [-0.3, -0.25) is 9.59 Å². The topological polar surface area (TPSA) is 61.2 Å². The molecular formula is C11H9FN2O2. The Morgan fingerprint density at radius 3 is 2.25 bits per heavy atom. The Hall–Kier alpha value is -2.30. The van der Waals surface area contributed by atoms with Gasteiger partial charge in [0.2, 0.25) is 0 Å². The molecule has 1 aromatic carbocycles. The van der Waals surface area contributed by atoms with Crippen LogP contribution >= 0.6 is 0 Å². The van der Waals surface area contributed by atoms with Crippen LogP contribution in [0.15, 0.2) is 36.9 Å². The van der Waals surface area contributed by atoms with Gasteiger partial charge in [0, 0.05) is 0 Å². The number of benzene rings is 1. The molecule has 0 aliphatic rings. The van der Waals surface area contributed by atoms with E-state index in [2.05, 4.69) is 6.58 Å². The van der Waals surface area contributed by atoms with E-state index in [-0.39, 0.29) is 5.69 Å². The van der Waals surface area contributed by atoms with Crippen molar-refractivity contribution in [1.29, 1.82) is 5.41 Å². The maximum Gasteiger partial charge on any atom is 0.275 e. The average Bonchev–Trinajstić information content (AvgIpc) is 2.31. The first-order valence-electron chi connectivity index (χ1n) is 4.36. The average molecular weight is 220 g/mol. The van der Waals surface area contributed by atoms with Crippen molar-refractivity contribution in [3.8, 4) is 0 Å². The highest BCUT2D eigenvalue weighted by Crippen LogP contribution is 2.15. The number of carbonyl (C=O) groups is 2. The lowest BCUT2D eigenvalue weighted by Gasteiger charge is -2.16. The van der Waals surface area contributed by atoms with E-state index in [4.69, 9.17) is 5.41 Å². The smallest absolute Gasteiger partial charge is 0.275 e. The van der Waals surface area contributed by atoms with E-state index in [1.54, 1.807) is 0 Å². The van der Waals surface area contributed by atoms with Crippen LogP contribution in [0.4, 0.5) is 10.1 Å². The molecule has 82 valence electrons. The van der Waals surface area contributed by atoms with Gasteiger partial charge < -0.3 is 5.41 Å². The van der Waals surface area contributed by atoms with Gasteiger partial charge in [-0.25, -0.2) is 9.29 Å². The van der Waals surface area contributed by atoms with Crippen LogP contribution in [0.5, 0.6) is 0 Å². The number of halogens is 1. The highest BCUT2D eigenvalue weighted by Gasteiger charge is 2.19. The summed E-state index contributed by atoms with van der Waals surface area (Å²) in [6.07, 6.45) is 1.45. The summed E-state index contributed by atoms with van der Waals surface area (Å²) < 4.78 is 12.7. The highest BCUT2D eigenvalue weighted by molar-refractivity contribution is 6.39. The predicted molar refractivity (Wildman–Crippen MR) is 57.9 cm³/mol. The molecular weight excluding hydrogens is 211 g/mol. The first-order valence-corrected chi connectivity index (χ1v) is 4.36. The second kappa shape index (κ2) is 4.97. The minimum Gasteiger partial charge on any atom is -0.303 e. The highest BCUT2D eigenvalue weighted by atomic mass is 19.1. The fourth-order valence-electron chi connectivity index (χ4n) is 1.11. The van der Waals surface area contributed by atoms with E-state index in [0.29, 0.717) is 6.21 Å². The van der Waals surface area contributed by atoms with Gasteiger partial charge in [0.25, 0.3) is 11.8 Å². The molecule has 0 unspecified atom stereocenters. The maximum absolute atomic E-state index is 12.7. The van der Waals surface area contributed by atoms with Crippen molar-refractivity contribution in [3.05, 3.63) is 42.7 Å². The van der Waals surface area contributed by atoms with E-state index in [0.717, 1.165) is 23.1 Å². The third kappa shape index (κ3) is 2.38. The number of anilines is 1. The Balaban J connectivity index is 3.15. The fraction of sp³-hybridized carbons (Fsp3) is 0. The van der Waals surface area contributed by atoms with Gasteiger partial charge in [-0.05, 0) is 30.3 Å². The zero-order valence-corrected chi connectivity index (χ0v) is 8.31. The molecule has 0 aliphatic heterocycles. The van der Waals surface area contributed by atoms with Gasteiger partial charge >= 0.3 is 0 Å². The molecule has 0 fully saturated rings. The monoisotopic (exact) mass is 220 g/mol. The van der Waals surface area contributed by atoms with Gasteiger partial charge in [0.15, 0.2) is 0 Å². The summed E-state index contributed by atoms with van der Waals surface area (Å²) in [5.74, 6) is -1.95. The number of amides is 2. The number of carbonyl (C=O) groups excluding carboxylic acids is 2. The quantitative estimate of drug-likeness (QED) is 0.620. The van der Waals surface area contributed by atoms with E-state index in [1.165, 1.54) is 12.1 Å². The van der Waals surface area contributed by atoms with Gasteiger partial charge in [0.1, 0.15) is 5.82 Å². The lowest BCUT2D eigenvalue weighted by molar-refractivity contribution is -0.120. The fourth-order valence-corrected chi connectivity index (χ4v) is 1.11. The molecule has 1 aromatic rings. The summed E-state index contributed by atoms with van der Waals surface area (Å²) >= 11 is 0. The lowest BCUT2D eigenvalue weighted by Crippen LogP contribution is -2.36. The normalized spacial score (nSPS) is 9.31. The lowest BCUT2D eigenvalue weighted by atomic mass is 10.2. The minimum atomic E-state index is -0.809. The molecule has 0 saturated heterocycles. The summed E-state index contributed by atoms with van der Waals surface area (Å²) in [6, 6.07) is 4.79. The second-order valence-electron chi connectivity index (χ2n) is 2.84. The summed E-state index contributed by atoms with van der Waals surface area (Å²) in [5, 5.41) is 6.82. The largest absolute Gasteiger partial charge is 0.303 e. The zero-order chi connectivity index (χ0) is 12.1. The van der Waals surface area contributed by atoms with Crippen LogP contribution in [0, 0.1) is 11.2 Å². The van der Waals surface area contributed by atoms with Crippen LogP contribution in [-0.4, -0.2) is 18.0 Å². The SMILES string of the molecule is C=CC(=O)N(C(=O)C=N)c1ccc(F)cc1. The van der Waals surface area contributed by atoms with E-state index in [9.17, 15) is 14.0 Å².